The molecule has 14 heavy (non-hydrogen) atoms. The molecular formula is C8H12F3NO2. The van der Waals surface area contributed by atoms with Gasteiger partial charge in [-0.25, -0.2) is 0 Å². The van der Waals surface area contributed by atoms with Crippen LogP contribution in [0.5, 0.6) is 0 Å². The molecule has 3 nitrogen and oxygen atoms in total. The van der Waals surface area contributed by atoms with E-state index in [1.165, 1.54) is 0 Å². The van der Waals surface area contributed by atoms with Gasteiger partial charge in [0, 0.05) is 6.54 Å². The van der Waals surface area contributed by atoms with Crippen molar-refractivity contribution in [1.82, 2.24) is 4.90 Å². The number of nitrogens with zero attached hydrogens (tertiary/aromatic N) is 1. The van der Waals surface area contributed by atoms with Crippen molar-refractivity contribution in [2.75, 3.05) is 13.2 Å². The molecule has 0 aromatic rings. The lowest BCUT2D eigenvalue weighted by Gasteiger charge is -2.34. The van der Waals surface area contributed by atoms with Crippen molar-refractivity contribution in [3.63, 3.8) is 0 Å². The first-order chi connectivity index (χ1) is 6.46. The summed E-state index contributed by atoms with van der Waals surface area (Å²) in [7, 11) is 0. The van der Waals surface area contributed by atoms with Crippen LogP contribution in [0.1, 0.15) is 19.3 Å². The van der Waals surface area contributed by atoms with E-state index in [1.54, 1.807) is 0 Å². The van der Waals surface area contributed by atoms with Gasteiger partial charge in [0.2, 0.25) is 0 Å². The summed E-state index contributed by atoms with van der Waals surface area (Å²) in [6, 6.07) is -0.669. The highest BCUT2D eigenvalue weighted by Gasteiger charge is 2.44. The average molecular weight is 211 g/mol. The van der Waals surface area contributed by atoms with Crippen molar-refractivity contribution in [3.05, 3.63) is 0 Å². The van der Waals surface area contributed by atoms with E-state index < -0.39 is 24.7 Å². The second-order valence-corrected chi connectivity index (χ2v) is 3.33. The molecule has 0 aromatic carbocycles. The van der Waals surface area contributed by atoms with Crippen molar-refractivity contribution in [1.29, 1.82) is 0 Å². The van der Waals surface area contributed by atoms with Crippen molar-refractivity contribution < 1.29 is 23.1 Å². The maximum Gasteiger partial charge on any atom is 0.471 e. The summed E-state index contributed by atoms with van der Waals surface area (Å²) in [6.45, 7) is -0.314. The first-order valence-corrected chi connectivity index (χ1v) is 4.45. The first kappa shape index (κ1) is 11.3. The van der Waals surface area contributed by atoms with E-state index in [-0.39, 0.29) is 6.54 Å². The number of aliphatic hydroxyl groups is 1. The van der Waals surface area contributed by atoms with Crippen LogP contribution in [0.4, 0.5) is 13.2 Å². The number of aliphatic hydroxyl groups excluding tert-OH is 1. The maximum atomic E-state index is 12.1. The summed E-state index contributed by atoms with van der Waals surface area (Å²) in [5.41, 5.74) is 0. The van der Waals surface area contributed by atoms with E-state index >= 15 is 0 Å². The summed E-state index contributed by atoms with van der Waals surface area (Å²) < 4.78 is 36.2. The first-order valence-electron chi connectivity index (χ1n) is 4.45. The average Bonchev–Trinajstić information content (AvgIpc) is 2.15. The second kappa shape index (κ2) is 4.16. The summed E-state index contributed by atoms with van der Waals surface area (Å²) in [4.78, 5) is 11.6. The number of carbonyl (C=O) groups excluding carboxylic acids is 1. The zero-order chi connectivity index (χ0) is 10.8. The van der Waals surface area contributed by atoms with Crippen molar-refractivity contribution in [3.8, 4) is 0 Å². The van der Waals surface area contributed by atoms with E-state index in [0.717, 1.165) is 11.3 Å². The third-order valence-electron chi connectivity index (χ3n) is 2.34. The van der Waals surface area contributed by atoms with Gasteiger partial charge in [-0.1, -0.05) is 0 Å². The highest BCUT2D eigenvalue weighted by molar-refractivity contribution is 5.82. The van der Waals surface area contributed by atoms with Gasteiger partial charge in [-0.3, -0.25) is 4.79 Å². The lowest BCUT2D eigenvalue weighted by molar-refractivity contribution is -0.189. The highest BCUT2D eigenvalue weighted by Crippen LogP contribution is 2.24. The SMILES string of the molecule is O=C(N1CCCC[C@@H]1CO)C(F)(F)F. The van der Waals surface area contributed by atoms with Gasteiger partial charge in [-0.2, -0.15) is 13.2 Å². The van der Waals surface area contributed by atoms with Crippen LogP contribution in [-0.4, -0.2) is 41.3 Å². The fraction of sp³-hybridized carbons (Fsp3) is 0.875. The second-order valence-electron chi connectivity index (χ2n) is 3.33. The zero-order valence-electron chi connectivity index (χ0n) is 7.55. The molecule has 1 atom stereocenters. The van der Waals surface area contributed by atoms with Crippen LogP contribution in [0.15, 0.2) is 0 Å². The lowest BCUT2D eigenvalue weighted by Crippen LogP contribution is -2.50. The molecule has 1 aliphatic rings. The van der Waals surface area contributed by atoms with E-state index in [0.29, 0.717) is 12.8 Å². The molecule has 0 spiro atoms. The fourth-order valence-corrected chi connectivity index (χ4v) is 1.62. The Labute approximate surface area is 79.5 Å². The number of rotatable bonds is 1. The zero-order valence-corrected chi connectivity index (χ0v) is 7.55. The molecule has 0 saturated carbocycles. The van der Waals surface area contributed by atoms with Crippen LogP contribution in [0.2, 0.25) is 0 Å². The Morgan fingerprint density at radius 1 is 1.43 bits per heavy atom. The number of likely N-dealkylation sites (tertiary alicyclic amines) is 1. The van der Waals surface area contributed by atoms with Gasteiger partial charge >= 0.3 is 12.1 Å². The number of hydrogen-bond acceptors (Lipinski definition) is 2. The molecular weight excluding hydrogens is 199 g/mol. The number of halogens is 3. The van der Waals surface area contributed by atoms with E-state index in [9.17, 15) is 18.0 Å². The molecule has 0 radical (unpaired) electrons. The van der Waals surface area contributed by atoms with Gasteiger partial charge < -0.3 is 10.0 Å². The smallest absolute Gasteiger partial charge is 0.394 e. The molecule has 0 bridgehead atoms. The molecule has 0 aromatic heterocycles. The van der Waals surface area contributed by atoms with Crippen LogP contribution in [0, 0.1) is 0 Å². The van der Waals surface area contributed by atoms with Crippen molar-refractivity contribution in [2.24, 2.45) is 0 Å². The molecule has 6 heteroatoms. The van der Waals surface area contributed by atoms with E-state index in [2.05, 4.69) is 0 Å². The Hall–Kier alpha value is -0.780. The number of amides is 1. The van der Waals surface area contributed by atoms with Gasteiger partial charge in [-0.05, 0) is 19.3 Å². The van der Waals surface area contributed by atoms with Gasteiger partial charge in [0.1, 0.15) is 0 Å². The van der Waals surface area contributed by atoms with Crippen molar-refractivity contribution in [2.45, 2.75) is 31.5 Å². The van der Waals surface area contributed by atoms with E-state index in [4.69, 9.17) is 5.11 Å². The van der Waals surface area contributed by atoms with Gasteiger partial charge in [0.25, 0.3) is 0 Å². The van der Waals surface area contributed by atoms with Crippen LogP contribution in [0.3, 0.4) is 0 Å². The quantitative estimate of drug-likeness (QED) is 0.700. The maximum absolute atomic E-state index is 12.1. The van der Waals surface area contributed by atoms with Gasteiger partial charge in [0.15, 0.2) is 0 Å². The number of hydrogen-bond donors (Lipinski definition) is 1. The summed E-state index contributed by atoms with van der Waals surface area (Å²) in [5.74, 6) is -1.84. The third-order valence-corrected chi connectivity index (χ3v) is 2.34. The Morgan fingerprint density at radius 2 is 2.07 bits per heavy atom. The summed E-state index contributed by atoms with van der Waals surface area (Å²) >= 11 is 0. The topological polar surface area (TPSA) is 40.5 Å². The molecule has 0 aliphatic carbocycles. The fourth-order valence-electron chi connectivity index (χ4n) is 1.62. The predicted octanol–water partition coefficient (Wildman–Crippen LogP) is 0.922. The molecule has 1 rings (SSSR count). The summed E-state index contributed by atoms with van der Waals surface area (Å²) in [6.07, 6.45) is -3.06. The standard InChI is InChI=1S/C8H12F3NO2/c9-8(10,11)7(14)12-4-2-1-3-6(12)5-13/h6,13H,1-5H2/t6-/m1/s1. The number of alkyl halides is 3. The van der Waals surface area contributed by atoms with Gasteiger partial charge in [-0.15, -0.1) is 0 Å². The lowest BCUT2D eigenvalue weighted by atomic mass is 10.0. The monoisotopic (exact) mass is 211 g/mol. The van der Waals surface area contributed by atoms with Gasteiger partial charge in [0.05, 0.1) is 12.6 Å². The van der Waals surface area contributed by atoms with Crippen molar-refractivity contribution >= 4 is 5.91 Å². The minimum absolute atomic E-state index is 0.0869. The molecule has 1 heterocycles. The highest BCUT2D eigenvalue weighted by atomic mass is 19.4. The third kappa shape index (κ3) is 2.37. The Balaban J connectivity index is 2.69. The largest absolute Gasteiger partial charge is 0.471 e. The normalized spacial score (nSPS) is 23.7. The molecule has 0 unspecified atom stereocenters. The van der Waals surface area contributed by atoms with Crippen LogP contribution in [0.25, 0.3) is 0 Å². The minimum atomic E-state index is -4.83. The van der Waals surface area contributed by atoms with E-state index in [1.807, 2.05) is 0 Å². The Bertz CT molecular complexity index is 217. The Morgan fingerprint density at radius 3 is 2.57 bits per heavy atom. The summed E-state index contributed by atoms with van der Waals surface area (Å²) in [5, 5.41) is 8.81. The predicted molar refractivity (Wildman–Crippen MR) is 42.5 cm³/mol. The Kier molecular flexibility index (Phi) is 3.36. The molecule has 1 saturated heterocycles. The van der Waals surface area contributed by atoms with Crippen LogP contribution < -0.4 is 0 Å². The number of carbonyl (C=O) groups is 1. The molecule has 1 amide bonds. The van der Waals surface area contributed by atoms with Crippen LogP contribution >= 0.6 is 0 Å². The van der Waals surface area contributed by atoms with Crippen LogP contribution in [-0.2, 0) is 4.79 Å². The molecule has 1 aliphatic heterocycles. The molecule has 1 N–H and O–H groups in total. The molecule has 82 valence electrons. The number of piperidine rings is 1. The minimum Gasteiger partial charge on any atom is -0.394 e. The molecule has 1 fully saturated rings.